The lowest BCUT2D eigenvalue weighted by molar-refractivity contribution is 0.0734. The van der Waals surface area contributed by atoms with Gasteiger partial charge in [-0.25, -0.2) is 0 Å². The zero-order chi connectivity index (χ0) is 16.4. The topological polar surface area (TPSA) is 61.9 Å². The van der Waals surface area contributed by atoms with Gasteiger partial charge in [-0.1, -0.05) is 36.4 Å². The average Bonchev–Trinajstić information content (AvgIpc) is 3.32. The molecule has 1 amide bonds. The van der Waals surface area contributed by atoms with E-state index in [-0.39, 0.29) is 11.9 Å². The second-order valence-corrected chi connectivity index (χ2v) is 5.94. The van der Waals surface area contributed by atoms with E-state index in [1.54, 1.807) is 12.4 Å². The first kappa shape index (κ1) is 14.6. The lowest BCUT2D eigenvalue weighted by Gasteiger charge is -2.24. The van der Waals surface area contributed by atoms with Crippen molar-refractivity contribution in [2.75, 3.05) is 6.54 Å². The Hall–Kier alpha value is -2.95. The Morgan fingerprint density at radius 1 is 1.12 bits per heavy atom. The number of H-pyrrole nitrogens is 1. The number of pyridine rings is 1. The first-order chi connectivity index (χ1) is 11.8. The molecule has 1 saturated heterocycles. The Bertz CT molecular complexity index is 829. The summed E-state index contributed by atoms with van der Waals surface area (Å²) in [7, 11) is 0. The normalized spacial score (nSPS) is 17.2. The van der Waals surface area contributed by atoms with Crippen molar-refractivity contribution in [2.45, 2.75) is 18.9 Å². The maximum absolute atomic E-state index is 13.1. The van der Waals surface area contributed by atoms with E-state index in [4.69, 9.17) is 0 Å². The summed E-state index contributed by atoms with van der Waals surface area (Å²) >= 11 is 0. The van der Waals surface area contributed by atoms with Gasteiger partial charge in [-0.15, -0.1) is 0 Å². The van der Waals surface area contributed by atoms with E-state index < -0.39 is 0 Å². The predicted molar refractivity (Wildman–Crippen MR) is 91.3 cm³/mol. The van der Waals surface area contributed by atoms with Crippen LogP contribution in [0.5, 0.6) is 0 Å². The van der Waals surface area contributed by atoms with Crippen molar-refractivity contribution < 1.29 is 4.79 Å². The molecule has 0 saturated carbocycles. The number of carbonyl (C=O) groups is 1. The molecule has 0 radical (unpaired) electrons. The summed E-state index contributed by atoms with van der Waals surface area (Å²) in [6.45, 7) is 0.749. The molecule has 1 atom stereocenters. The van der Waals surface area contributed by atoms with Gasteiger partial charge >= 0.3 is 0 Å². The molecule has 5 nitrogen and oxygen atoms in total. The molecule has 120 valence electrons. The number of benzene rings is 1. The van der Waals surface area contributed by atoms with Crippen LogP contribution in [0, 0.1) is 0 Å². The summed E-state index contributed by atoms with van der Waals surface area (Å²) in [5.41, 5.74) is 3.30. The molecule has 1 aliphatic rings. The molecule has 1 aromatic carbocycles. The minimum Gasteiger partial charge on any atom is -0.330 e. The first-order valence-corrected chi connectivity index (χ1v) is 8.15. The summed E-state index contributed by atoms with van der Waals surface area (Å²) in [6.07, 6.45) is 5.34. The van der Waals surface area contributed by atoms with Gasteiger partial charge < -0.3 is 4.90 Å². The van der Waals surface area contributed by atoms with Crippen molar-refractivity contribution in [1.29, 1.82) is 0 Å². The number of nitrogens with one attached hydrogen (secondary N) is 1. The standard InChI is InChI=1S/C19H18N4O/c24-19(15-13-21-22-18(15)14-7-2-1-3-8-14)23-12-6-10-17(23)16-9-4-5-11-20-16/h1-5,7-9,11,13,17H,6,10,12H2,(H,21,22). The minimum absolute atomic E-state index is 0.00996. The van der Waals surface area contributed by atoms with Crippen LogP contribution in [0.15, 0.2) is 60.9 Å². The minimum atomic E-state index is 0.00996. The van der Waals surface area contributed by atoms with Crippen molar-refractivity contribution in [3.8, 4) is 11.3 Å². The molecule has 0 aliphatic carbocycles. The third-order valence-corrected chi connectivity index (χ3v) is 4.48. The summed E-state index contributed by atoms with van der Waals surface area (Å²) in [5.74, 6) is 0.00996. The van der Waals surface area contributed by atoms with Crippen LogP contribution >= 0.6 is 0 Å². The van der Waals surface area contributed by atoms with Crippen molar-refractivity contribution in [1.82, 2.24) is 20.1 Å². The Morgan fingerprint density at radius 2 is 1.96 bits per heavy atom. The highest BCUT2D eigenvalue weighted by Gasteiger charge is 2.33. The number of amides is 1. The molecule has 1 aliphatic heterocycles. The van der Waals surface area contributed by atoms with Crippen LogP contribution < -0.4 is 0 Å². The Kier molecular flexibility index (Phi) is 3.83. The molecule has 1 N–H and O–H groups in total. The van der Waals surface area contributed by atoms with Crippen LogP contribution in [0.1, 0.15) is 34.9 Å². The molecule has 3 aromatic rings. The van der Waals surface area contributed by atoms with Gasteiger partial charge in [-0.2, -0.15) is 5.10 Å². The second-order valence-electron chi connectivity index (χ2n) is 5.94. The van der Waals surface area contributed by atoms with E-state index in [9.17, 15) is 4.79 Å². The predicted octanol–water partition coefficient (Wildman–Crippen LogP) is 3.45. The van der Waals surface area contributed by atoms with Crippen LogP contribution in [0.3, 0.4) is 0 Å². The van der Waals surface area contributed by atoms with Gasteiger partial charge in [-0.3, -0.25) is 14.9 Å². The number of likely N-dealkylation sites (tertiary alicyclic amines) is 1. The van der Waals surface area contributed by atoms with Gasteiger partial charge in [0.25, 0.3) is 5.91 Å². The molecule has 0 bridgehead atoms. The maximum atomic E-state index is 13.1. The molecule has 1 fully saturated rings. The second kappa shape index (κ2) is 6.28. The van der Waals surface area contributed by atoms with Gasteiger partial charge in [0.15, 0.2) is 0 Å². The van der Waals surface area contributed by atoms with E-state index in [1.165, 1.54) is 0 Å². The fraction of sp³-hybridized carbons (Fsp3) is 0.211. The number of hydrogen-bond donors (Lipinski definition) is 1. The van der Waals surface area contributed by atoms with Gasteiger partial charge in [-0.05, 0) is 25.0 Å². The zero-order valence-electron chi connectivity index (χ0n) is 13.2. The number of aromatic amines is 1. The molecule has 24 heavy (non-hydrogen) atoms. The Labute approximate surface area is 140 Å². The lowest BCUT2D eigenvalue weighted by Crippen LogP contribution is -2.31. The van der Waals surface area contributed by atoms with Gasteiger partial charge in [0, 0.05) is 18.3 Å². The molecule has 4 rings (SSSR count). The van der Waals surface area contributed by atoms with Gasteiger partial charge in [0.2, 0.25) is 0 Å². The highest BCUT2D eigenvalue weighted by Crippen LogP contribution is 2.33. The maximum Gasteiger partial charge on any atom is 0.258 e. The van der Waals surface area contributed by atoms with Crippen LogP contribution in [0.25, 0.3) is 11.3 Å². The third kappa shape index (κ3) is 2.58. The lowest BCUT2D eigenvalue weighted by atomic mass is 10.1. The molecular formula is C19H18N4O. The summed E-state index contributed by atoms with van der Waals surface area (Å²) in [6, 6.07) is 15.7. The number of carbonyl (C=O) groups excluding carboxylic acids is 1. The van der Waals surface area contributed by atoms with E-state index in [2.05, 4.69) is 15.2 Å². The van der Waals surface area contributed by atoms with Crippen LogP contribution in [0.4, 0.5) is 0 Å². The van der Waals surface area contributed by atoms with E-state index in [1.807, 2.05) is 53.4 Å². The number of aromatic nitrogens is 3. The highest BCUT2D eigenvalue weighted by molar-refractivity contribution is 6.00. The average molecular weight is 318 g/mol. The van der Waals surface area contributed by atoms with E-state index in [0.717, 1.165) is 36.3 Å². The van der Waals surface area contributed by atoms with Crippen molar-refractivity contribution in [3.05, 3.63) is 72.2 Å². The van der Waals surface area contributed by atoms with Crippen molar-refractivity contribution in [3.63, 3.8) is 0 Å². The Balaban J connectivity index is 1.66. The summed E-state index contributed by atoms with van der Waals surface area (Å²) in [4.78, 5) is 19.5. The quantitative estimate of drug-likeness (QED) is 0.804. The monoisotopic (exact) mass is 318 g/mol. The van der Waals surface area contributed by atoms with E-state index in [0.29, 0.717) is 5.56 Å². The smallest absolute Gasteiger partial charge is 0.258 e. The fourth-order valence-corrected chi connectivity index (χ4v) is 3.32. The largest absolute Gasteiger partial charge is 0.330 e. The molecular weight excluding hydrogens is 300 g/mol. The zero-order valence-corrected chi connectivity index (χ0v) is 13.2. The van der Waals surface area contributed by atoms with Crippen molar-refractivity contribution in [2.24, 2.45) is 0 Å². The van der Waals surface area contributed by atoms with Gasteiger partial charge in [0.05, 0.1) is 29.2 Å². The number of rotatable bonds is 3. The van der Waals surface area contributed by atoms with Crippen LogP contribution in [-0.4, -0.2) is 32.5 Å². The molecule has 1 unspecified atom stereocenters. The highest BCUT2D eigenvalue weighted by atomic mass is 16.2. The summed E-state index contributed by atoms with van der Waals surface area (Å²) < 4.78 is 0. The molecule has 3 heterocycles. The third-order valence-electron chi connectivity index (χ3n) is 4.48. The van der Waals surface area contributed by atoms with Crippen molar-refractivity contribution >= 4 is 5.91 Å². The molecule has 2 aromatic heterocycles. The number of hydrogen-bond acceptors (Lipinski definition) is 3. The van der Waals surface area contributed by atoms with Crippen LogP contribution in [-0.2, 0) is 0 Å². The number of nitrogens with zero attached hydrogens (tertiary/aromatic N) is 3. The first-order valence-electron chi connectivity index (χ1n) is 8.15. The van der Waals surface area contributed by atoms with Crippen LogP contribution in [0.2, 0.25) is 0 Å². The molecule has 0 spiro atoms. The van der Waals surface area contributed by atoms with Gasteiger partial charge in [0.1, 0.15) is 0 Å². The molecule has 5 heteroatoms. The fourth-order valence-electron chi connectivity index (χ4n) is 3.32. The SMILES string of the molecule is O=C(c1cn[nH]c1-c1ccccc1)N1CCCC1c1ccccn1. The Morgan fingerprint density at radius 3 is 2.75 bits per heavy atom. The van der Waals surface area contributed by atoms with E-state index >= 15 is 0 Å². The summed E-state index contributed by atoms with van der Waals surface area (Å²) in [5, 5.41) is 7.07.